The number of H-pyrrole nitrogens is 1. The second kappa shape index (κ2) is 17.5. The quantitative estimate of drug-likeness (QED) is 0.0678. The van der Waals surface area contributed by atoms with Crippen molar-refractivity contribution < 1.29 is 24.2 Å². The smallest absolute Gasteiger partial charge is 0.320 e. The standard InChI is InChI=1S/C43H51N5O5/c1-29(53-42(2,3)4)39(44)40(50)47-34(26-30-27-45-36-23-15-14-22-35(30)36)28-46-37(41(51)52)24-25-38(49)48-43(31-16-8-5-9-17-31,32-18-10-6-11-19-32)33-20-12-7-13-21-33/h5-23,27,29,34,37,39,45-46H,24-26,28,44H2,1-4H3,(H,47,50)(H,48,49)(H,51,52)/t29-,34?,37+,39+/m1/s1. The average Bonchev–Trinajstić information content (AvgIpc) is 3.56. The number of carbonyl (C=O) groups is 3. The minimum absolute atomic E-state index is 0.0132. The number of fused-ring (bicyclic) bond motifs is 1. The van der Waals surface area contributed by atoms with E-state index >= 15 is 0 Å². The molecule has 0 aliphatic heterocycles. The number of aromatic amines is 1. The molecule has 2 amide bonds. The third-order valence-electron chi connectivity index (χ3n) is 9.35. The Morgan fingerprint density at radius 3 is 1.87 bits per heavy atom. The highest BCUT2D eigenvalue weighted by Crippen LogP contribution is 2.37. The van der Waals surface area contributed by atoms with Crippen LogP contribution in [0.5, 0.6) is 0 Å². The zero-order chi connectivity index (χ0) is 38.0. The minimum Gasteiger partial charge on any atom is -0.480 e. The molecule has 278 valence electrons. The van der Waals surface area contributed by atoms with Gasteiger partial charge in [-0.2, -0.15) is 0 Å². The van der Waals surface area contributed by atoms with Crippen LogP contribution in [0.4, 0.5) is 0 Å². The lowest BCUT2D eigenvalue weighted by Crippen LogP contribution is -2.55. The molecule has 10 nitrogen and oxygen atoms in total. The molecule has 10 heteroatoms. The third kappa shape index (κ3) is 9.98. The van der Waals surface area contributed by atoms with Crippen molar-refractivity contribution >= 4 is 28.7 Å². The molecule has 4 atom stereocenters. The first-order valence-electron chi connectivity index (χ1n) is 18.1. The monoisotopic (exact) mass is 717 g/mol. The maximum absolute atomic E-state index is 13.9. The fourth-order valence-corrected chi connectivity index (χ4v) is 6.81. The Bertz CT molecular complexity index is 1850. The molecular formula is C43H51N5O5. The number of aliphatic carboxylic acids is 1. The summed E-state index contributed by atoms with van der Waals surface area (Å²) in [4.78, 5) is 43.2. The molecule has 53 heavy (non-hydrogen) atoms. The molecule has 0 saturated carbocycles. The maximum atomic E-state index is 13.9. The molecule has 0 fully saturated rings. The second-order valence-electron chi connectivity index (χ2n) is 14.5. The van der Waals surface area contributed by atoms with Crippen molar-refractivity contribution in [2.75, 3.05) is 6.54 Å². The first-order valence-corrected chi connectivity index (χ1v) is 18.1. The lowest BCUT2D eigenvalue weighted by molar-refractivity contribution is -0.139. The summed E-state index contributed by atoms with van der Waals surface area (Å²) in [7, 11) is 0. The second-order valence-corrected chi connectivity index (χ2v) is 14.5. The number of hydrogen-bond donors (Lipinski definition) is 6. The lowest BCUT2D eigenvalue weighted by atomic mass is 9.77. The van der Waals surface area contributed by atoms with E-state index in [2.05, 4.69) is 20.9 Å². The van der Waals surface area contributed by atoms with E-state index in [0.717, 1.165) is 33.2 Å². The van der Waals surface area contributed by atoms with E-state index in [0.29, 0.717) is 6.42 Å². The van der Waals surface area contributed by atoms with Gasteiger partial charge >= 0.3 is 5.97 Å². The molecule has 0 radical (unpaired) electrons. The van der Waals surface area contributed by atoms with Crippen LogP contribution in [0.15, 0.2) is 121 Å². The van der Waals surface area contributed by atoms with Crippen LogP contribution in [0.3, 0.4) is 0 Å². The summed E-state index contributed by atoms with van der Waals surface area (Å²) in [6.07, 6.45) is 1.69. The van der Waals surface area contributed by atoms with Gasteiger partial charge in [0.15, 0.2) is 0 Å². The SMILES string of the molecule is C[C@@H](OC(C)(C)C)[C@H](N)C(=O)NC(CN[C@@H](CCC(=O)NC(c1ccccc1)(c1ccccc1)c1ccccc1)C(=O)O)Cc1c[nH]c2ccccc12. The van der Waals surface area contributed by atoms with E-state index in [1.54, 1.807) is 6.92 Å². The highest BCUT2D eigenvalue weighted by atomic mass is 16.5. The highest BCUT2D eigenvalue weighted by molar-refractivity contribution is 5.84. The van der Waals surface area contributed by atoms with Gasteiger partial charge in [0.05, 0.1) is 11.7 Å². The van der Waals surface area contributed by atoms with Gasteiger partial charge in [-0.3, -0.25) is 14.4 Å². The summed E-state index contributed by atoms with van der Waals surface area (Å²) < 4.78 is 5.95. The van der Waals surface area contributed by atoms with E-state index in [4.69, 9.17) is 10.5 Å². The van der Waals surface area contributed by atoms with Crippen LogP contribution >= 0.6 is 0 Å². The summed E-state index contributed by atoms with van der Waals surface area (Å²) in [6.45, 7) is 7.57. The molecule has 0 spiro atoms. The molecule has 1 heterocycles. The normalized spacial score (nSPS) is 14.2. The fourth-order valence-electron chi connectivity index (χ4n) is 6.81. The number of hydrogen-bond acceptors (Lipinski definition) is 6. The number of carboxylic acids is 1. The number of para-hydroxylation sites is 1. The van der Waals surface area contributed by atoms with Gasteiger partial charge in [-0.25, -0.2) is 0 Å². The molecule has 0 aliphatic carbocycles. The van der Waals surface area contributed by atoms with Crippen molar-refractivity contribution in [2.24, 2.45) is 5.73 Å². The summed E-state index contributed by atoms with van der Waals surface area (Å²) in [5.74, 6) is -1.81. The molecule has 0 bridgehead atoms. The number of amides is 2. The van der Waals surface area contributed by atoms with E-state index in [-0.39, 0.29) is 25.3 Å². The average molecular weight is 718 g/mol. The Morgan fingerprint density at radius 2 is 1.34 bits per heavy atom. The van der Waals surface area contributed by atoms with E-state index in [1.165, 1.54) is 0 Å². The topological polar surface area (TPSA) is 159 Å². The van der Waals surface area contributed by atoms with Crippen molar-refractivity contribution in [2.45, 2.75) is 82.3 Å². The Morgan fingerprint density at radius 1 is 0.811 bits per heavy atom. The predicted octanol–water partition coefficient (Wildman–Crippen LogP) is 5.66. The molecule has 7 N–H and O–H groups in total. The van der Waals surface area contributed by atoms with Gasteiger partial charge in [-0.15, -0.1) is 0 Å². The van der Waals surface area contributed by atoms with Gasteiger partial charge in [0.25, 0.3) is 0 Å². The van der Waals surface area contributed by atoms with E-state index in [9.17, 15) is 19.5 Å². The van der Waals surface area contributed by atoms with E-state index in [1.807, 2.05) is 142 Å². The third-order valence-corrected chi connectivity index (χ3v) is 9.35. The zero-order valence-corrected chi connectivity index (χ0v) is 30.8. The number of nitrogens with one attached hydrogen (secondary N) is 4. The fraction of sp³-hybridized carbons (Fsp3) is 0.326. The minimum atomic E-state index is -1.10. The van der Waals surface area contributed by atoms with Crippen LogP contribution < -0.4 is 21.7 Å². The van der Waals surface area contributed by atoms with Crippen LogP contribution in [-0.2, 0) is 31.1 Å². The molecule has 5 rings (SSSR count). The largest absolute Gasteiger partial charge is 0.480 e. The van der Waals surface area contributed by atoms with Crippen molar-refractivity contribution in [1.82, 2.24) is 20.9 Å². The van der Waals surface area contributed by atoms with Crippen LogP contribution in [-0.4, -0.2) is 64.2 Å². The highest BCUT2D eigenvalue weighted by Gasteiger charge is 2.38. The molecule has 1 unspecified atom stereocenters. The molecule has 0 saturated heterocycles. The molecule has 4 aromatic carbocycles. The number of benzene rings is 4. The zero-order valence-electron chi connectivity index (χ0n) is 30.8. The number of nitrogens with two attached hydrogens (primary N) is 1. The number of aromatic nitrogens is 1. The summed E-state index contributed by atoms with van der Waals surface area (Å²) in [5, 5.41) is 20.8. The maximum Gasteiger partial charge on any atom is 0.320 e. The lowest BCUT2D eigenvalue weighted by Gasteiger charge is -2.37. The molecule has 1 aromatic heterocycles. The predicted molar refractivity (Wildman–Crippen MR) is 208 cm³/mol. The van der Waals surface area contributed by atoms with Gasteiger partial charge in [0, 0.05) is 36.1 Å². The summed E-state index contributed by atoms with van der Waals surface area (Å²) in [5.41, 5.74) is 9.36. The van der Waals surface area contributed by atoms with Crippen LogP contribution in [0.1, 0.15) is 62.8 Å². The van der Waals surface area contributed by atoms with Crippen molar-refractivity contribution in [1.29, 1.82) is 0 Å². The van der Waals surface area contributed by atoms with Crippen LogP contribution in [0.2, 0.25) is 0 Å². The first kappa shape index (κ1) is 38.9. The number of carboxylic acid groups (broad SMARTS) is 1. The van der Waals surface area contributed by atoms with Gasteiger partial charge in [0.2, 0.25) is 11.8 Å². The Balaban J connectivity index is 1.33. The van der Waals surface area contributed by atoms with Crippen molar-refractivity contribution in [3.05, 3.63) is 144 Å². The molecular weight excluding hydrogens is 667 g/mol. The number of ether oxygens (including phenoxy) is 1. The van der Waals surface area contributed by atoms with Crippen molar-refractivity contribution in [3.8, 4) is 0 Å². The summed E-state index contributed by atoms with van der Waals surface area (Å²) in [6, 6.07) is 34.6. The molecule has 5 aromatic rings. The van der Waals surface area contributed by atoms with E-state index < -0.39 is 47.2 Å². The van der Waals surface area contributed by atoms with Crippen LogP contribution in [0.25, 0.3) is 10.9 Å². The Labute approximate surface area is 311 Å². The van der Waals surface area contributed by atoms with Gasteiger partial charge in [-0.1, -0.05) is 109 Å². The summed E-state index contributed by atoms with van der Waals surface area (Å²) >= 11 is 0. The Kier molecular flexibility index (Phi) is 12.8. The number of rotatable bonds is 17. The molecule has 0 aliphatic rings. The van der Waals surface area contributed by atoms with Gasteiger partial charge < -0.3 is 36.5 Å². The Hall–Kier alpha value is -5.29. The van der Waals surface area contributed by atoms with Gasteiger partial charge in [0.1, 0.15) is 17.6 Å². The van der Waals surface area contributed by atoms with Crippen molar-refractivity contribution in [3.63, 3.8) is 0 Å². The van der Waals surface area contributed by atoms with Gasteiger partial charge in [-0.05, 0) is 68.9 Å². The first-order chi connectivity index (χ1) is 25.4. The number of carbonyl (C=O) groups excluding carboxylic acids is 2. The van der Waals surface area contributed by atoms with Crippen LogP contribution in [0, 0.1) is 0 Å².